The molecular weight excluding hydrogens is 360 g/mol. The van der Waals surface area contributed by atoms with E-state index in [9.17, 15) is 14.4 Å². The first-order valence-electron chi connectivity index (χ1n) is 8.99. The van der Waals surface area contributed by atoms with Crippen molar-refractivity contribution in [3.63, 3.8) is 0 Å². The van der Waals surface area contributed by atoms with Crippen LogP contribution in [0, 0.1) is 0 Å². The van der Waals surface area contributed by atoms with Gasteiger partial charge in [-0.05, 0) is 24.3 Å². The highest BCUT2D eigenvalue weighted by Crippen LogP contribution is 2.33. The highest BCUT2D eigenvalue weighted by Gasteiger charge is 2.35. The number of nitrogens with zero attached hydrogens (tertiary/aromatic N) is 2. The highest BCUT2D eigenvalue weighted by molar-refractivity contribution is 6.21. The summed E-state index contributed by atoms with van der Waals surface area (Å²) in [5.41, 5.74) is 1.31. The molecule has 146 valence electrons. The molecule has 2 aromatic rings. The van der Waals surface area contributed by atoms with E-state index in [0.717, 1.165) is 0 Å². The van der Waals surface area contributed by atoms with Gasteiger partial charge in [-0.25, -0.2) is 0 Å². The summed E-state index contributed by atoms with van der Waals surface area (Å²) < 4.78 is 10.6. The molecule has 0 unspecified atom stereocenters. The first-order chi connectivity index (χ1) is 13.5. The van der Waals surface area contributed by atoms with Crippen LogP contribution in [0.25, 0.3) is 0 Å². The van der Waals surface area contributed by atoms with E-state index in [4.69, 9.17) is 9.47 Å². The van der Waals surface area contributed by atoms with Crippen molar-refractivity contribution in [2.75, 3.05) is 32.2 Å². The van der Waals surface area contributed by atoms with E-state index >= 15 is 0 Å². The first-order valence-corrected chi connectivity index (χ1v) is 8.99. The minimum absolute atomic E-state index is 0.0818. The van der Waals surface area contributed by atoms with Crippen molar-refractivity contribution in [2.24, 2.45) is 0 Å². The van der Waals surface area contributed by atoms with Gasteiger partial charge in [-0.1, -0.05) is 19.1 Å². The number of hydrogen-bond acceptors (Lipinski definition) is 5. The molecule has 0 atom stereocenters. The Morgan fingerprint density at radius 1 is 1.00 bits per heavy atom. The van der Waals surface area contributed by atoms with Crippen molar-refractivity contribution in [3.05, 3.63) is 53.6 Å². The van der Waals surface area contributed by atoms with Crippen LogP contribution in [0.3, 0.4) is 0 Å². The predicted octanol–water partition coefficient (Wildman–Crippen LogP) is 2.74. The largest absolute Gasteiger partial charge is 0.497 e. The van der Waals surface area contributed by atoms with E-state index in [1.807, 2.05) is 0 Å². The molecule has 1 aliphatic rings. The number of imide groups is 1. The van der Waals surface area contributed by atoms with Crippen molar-refractivity contribution in [1.82, 2.24) is 4.90 Å². The smallest absolute Gasteiger partial charge is 0.261 e. The van der Waals surface area contributed by atoms with Crippen molar-refractivity contribution in [1.29, 1.82) is 0 Å². The zero-order valence-corrected chi connectivity index (χ0v) is 16.1. The minimum Gasteiger partial charge on any atom is -0.497 e. The Bertz CT molecular complexity index is 890. The maximum atomic E-state index is 12.6. The maximum absolute atomic E-state index is 12.6. The van der Waals surface area contributed by atoms with Crippen molar-refractivity contribution in [3.8, 4) is 11.5 Å². The third kappa shape index (κ3) is 3.43. The molecule has 0 N–H and O–H groups in total. The van der Waals surface area contributed by atoms with Crippen LogP contribution < -0.4 is 14.4 Å². The predicted molar refractivity (Wildman–Crippen MR) is 104 cm³/mol. The molecule has 0 saturated heterocycles. The highest BCUT2D eigenvalue weighted by atomic mass is 16.5. The number of methoxy groups -OCH3 is 2. The van der Waals surface area contributed by atoms with Crippen molar-refractivity contribution < 1.29 is 23.9 Å². The number of hydrogen-bond donors (Lipinski definition) is 0. The van der Waals surface area contributed by atoms with Gasteiger partial charge < -0.3 is 14.4 Å². The van der Waals surface area contributed by atoms with Crippen LogP contribution >= 0.6 is 0 Å². The summed E-state index contributed by atoms with van der Waals surface area (Å²) in [6, 6.07) is 11.9. The molecule has 0 aliphatic carbocycles. The van der Waals surface area contributed by atoms with Gasteiger partial charge in [0.1, 0.15) is 11.5 Å². The second-order valence-corrected chi connectivity index (χ2v) is 6.24. The third-order valence-electron chi connectivity index (χ3n) is 4.71. The number of rotatable bonds is 7. The molecule has 7 nitrogen and oxygen atoms in total. The topological polar surface area (TPSA) is 76.2 Å². The Balaban J connectivity index is 1.87. The Kier molecular flexibility index (Phi) is 5.63. The monoisotopic (exact) mass is 382 g/mol. The van der Waals surface area contributed by atoms with Crippen LogP contribution in [0.2, 0.25) is 0 Å². The number of fused-ring (bicyclic) bond motifs is 1. The summed E-state index contributed by atoms with van der Waals surface area (Å²) in [5, 5.41) is 0. The maximum Gasteiger partial charge on any atom is 0.261 e. The zero-order chi connectivity index (χ0) is 20.3. The third-order valence-corrected chi connectivity index (χ3v) is 4.71. The van der Waals surface area contributed by atoms with Gasteiger partial charge in [0.05, 0.1) is 31.0 Å². The number of carbonyl (C=O) groups is 3. The number of benzene rings is 2. The van der Waals surface area contributed by atoms with Gasteiger partial charge >= 0.3 is 0 Å². The second kappa shape index (κ2) is 8.12. The molecule has 3 rings (SSSR count). The van der Waals surface area contributed by atoms with E-state index < -0.39 is 0 Å². The molecule has 3 amide bonds. The van der Waals surface area contributed by atoms with Crippen molar-refractivity contribution in [2.45, 2.75) is 13.3 Å². The van der Waals surface area contributed by atoms with Gasteiger partial charge in [-0.2, -0.15) is 0 Å². The number of ether oxygens (including phenoxy) is 2. The number of anilines is 1. The zero-order valence-electron chi connectivity index (χ0n) is 16.1. The van der Waals surface area contributed by atoms with E-state index in [-0.39, 0.29) is 37.2 Å². The lowest BCUT2D eigenvalue weighted by molar-refractivity contribution is -0.118. The summed E-state index contributed by atoms with van der Waals surface area (Å²) in [4.78, 5) is 40.5. The van der Waals surface area contributed by atoms with Crippen LogP contribution in [-0.2, 0) is 4.79 Å². The molecule has 28 heavy (non-hydrogen) atoms. The quantitative estimate of drug-likeness (QED) is 0.688. The molecule has 7 heteroatoms. The fraction of sp³-hybridized carbons (Fsp3) is 0.286. The number of carbonyl (C=O) groups excluding carboxylic acids is 3. The normalized spacial score (nSPS) is 12.8. The molecule has 0 aromatic heterocycles. The molecule has 1 heterocycles. The standard InChI is InChI=1S/C21H22N2O5/c1-4-19(24)22(17-13-14(27-2)9-10-18(17)28-3)11-12-23-20(25)15-7-5-6-8-16(15)21(23)26/h5-10,13H,4,11-12H2,1-3H3. The molecule has 0 radical (unpaired) electrons. The SMILES string of the molecule is CCC(=O)N(CCN1C(=O)c2ccccc2C1=O)c1cc(OC)ccc1OC. The average Bonchev–Trinajstić information content (AvgIpc) is 2.98. The molecular formula is C21H22N2O5. The van der Waals surface area contributed by atoms with E-state index in [1.54, 1.807) is 49.4 Å². The Labute approximate surface area is 163 Å². The summed E-state index contributed by atoms with van der Waals surface area (Å²) in [5.74, 6) is 0.239. The Hall–Kier alpha value is -3.35. The van der Waals surface area contributed by atoms with Crippen LogP contribution in [0.5, 0.6) is 11.5 Å². The summed E-state index contributed by atoms with van der Waals surface area (Å²) in [7, 11) is 3.06. The Morgan fingerprint density at radius 3 is 2.18 bits per heavy atom. The molecule has 0 fully saturated rings. The second-order valence-electron chi connectivity index (χ2n) is 6.24. The lowest BCUT2D eigenvalue weighted by atomic mass is 10.1. The summed E-state index contributed by atoms with van der Waals surface area (Å²) >= 11 is 0. The summed E-state index contributed by atoms with van der Waals surface area (Å²) in [6.07, 6.45) is 0.266. The van der Waals surface area contributed by atoms with Crippen LogP contribution in [0.1, 0.15) is 34.1 Å². The lowest BCUT2D eigenvalue weighted by Gasteiger charge is -2.26. The lowest BCUT2D eigenvalue weighted by Crippen LogP contribution is -2.41. The van der Waals surface area contributed by atoms with Gasteiger partial charge in [-0.3, -0.25) is 19.3 Å². The average molecular weight is 382 g/mol. The van der Waals surface area contributed by atoms with Gasteiger partial charge in [0.15, 0.2) is 0 Å². The Morgan fingerprint density at radius 2 is 1.64 bits per heavy atom. The van der Waals surface area contributed by atoms with E-state index in [2.05, 4.69) is 0 Å². The van der Waals surface area contributed by atoms with Gasteiger partial charge in [-0.15, -0.1) is 0 Å². The van der Waals surface area contributed by atoms with E-state index in [0.29, 0.717) is 28.3 Å². The number of amides is 3. The molecule has 0 bridgehead atoms. The summed E-state index contributed by atoms with van der Waals surface area (Å²) in [6.45, 7) is 1.99. The molecule has 1 aliphatic heterocycles. The fourth-order valence-electron chi connectivity index (χ4n) is 3.22. The van der Waals surface area contributed by atoms with Gasteiger partial charge in [0, 0.05) is 25.6 Å². The molecule has 0 spiro atoms. The van der Waals surface area contributed by atoms with Gasteiger partial charge in [0.2, 0.25) is 5.91 Å². The van der Waals surface area contributed by atoms with Crippen LogP contribution in [0.4, 0.5) is 5.69 Å². The minimum atomic E-state index is -0.345. The van der Waals surface area contributed by atoms with E-state index in [1.165, 1.54) is 24.0 Å². The molecule has 0 saturated carbocycles. The van der Waals surface area contributed by atoms with Crippen molar-refractivity contribution >= 4 is 23.4 Å². The van der Waals surface area contributed by atoms with Crippen LogP contribution in [-0.4, -0.2) is 49.9 Å². The fourth-order valence-corrected chi connectivity index (χ4v) is 3.22. The first kappa shape index (κ1) is 19.4. The molecule has 2 aromatic carbocycles. The van der Waals surface area contributed by atoms with Gasteiger partial charge in [0.25, 0.3) is 11.8 Å². The van der Waals surface area contributed by atoms with Crippen LogP contribution in [0.15, 0.2) is 42.5 Å².